The zero-order chi connectivity index (χ0) is 13.9. The highest BCUT2D eigenvalue weighted by Crippen LogP contribution is 2.25. The van der Waals surface area contributed by atoms with Crippen molar-refractivity contribution in [2.45, 2.75) is 0 Å². The Morgan fingerprint density at radius 1 is 1.30 bits per heavy atom. The van der Waals surface area contributed by atoms with E-state index in [4.69, 9.17) is 5.26 Å². The molecule has 0 unspecified atom stereocenters. The first kappa shape index (κ1) is 12.0. The van der Waals surface area contributed by atoms with Gasteiger partial charge in [0.1, 0.15) is 18.0 Å². The predicted octanol–water partition coefficient (Wildman–Crippen LogP) is 2.62. The van der Waals surface area contributed by atoms with E-state index < -0.39 is 0 Å². The van der Waals surface area contributed by atoms with Gasteiger partial charge in [-0.2, -0.15) is 5.26 Å². The third kappa shape index (κ3) is 2.12. The highest BCUT2D eigenvalue weighted by atomic mass is 15.2. The number of hydrogen-bond acceptors (Lipinski definition) is 5. The van der Waals surface area contributed by atoms with Crippen LogP contribution in [0.4, 0.5) is 17.3 Å². The molecule has 0 aliphatic heterocycles. The van der Waals surface area contributed by atoms with Gasteiger partial charge in [-0.25, -0.2) is 9.97 Å². The average molecular weight is 264 g/mol. The minimum Gasteiger partial charge on any atom is -0.359 e. The lowest BCUT2D eigenvalue weighted by Gasteiger charge is -2.09. The normalized spacial score (nSPS) is 10.2. The summed E-state index contributed by atoms with van der Waals surface area (Å²) < 4.78 is 0. The number of aromatic nitrogens is 3. The Morgan fingerprint density at radius 2 is 2.15 bits per heavy atom. The molecule has 2 N–H and O–H groups in total. The van der Waals surface area contributed by atoms with Crippen LogP contribution in [0.25, 0.3) is 10.9 Å². The van der Waals surface area contributed by atoms with Crippen molar-refractivity contribution in [1.82, 2.24) is 15.0 Å². The van der Waals surface area contributed by atoms with Crippen molar-refractivity contribution in [3.05, 3.63) is 42.9 Å². The Labute approximate surface area is 115 Å². The molecule has 6 nitrogen and oxygen atoms in total. The molecule has 3 aromatic rings. The summed E-state index contributed by atoms with van der Waals surface area (Å²) in [5.41, 5.74) is 1.99. The summed E-state index contributed by atoms with van der Waals surface area (Å²) in [5, 5.41) is 13.2. The van der Waals surface area contributed by atoms with Crippen LogP contribution >= 0.6 is 0 Å². The lowest BCUT2D eigenvalue weighted by atomic mass is 10.2. The van der Waals surface area contributed by atoms with Crippen LogP contribution in [0.15, 0.2) is 42.9 Å². The number of nitrogens with zero attached hydrogens (tertiary/aromatic N) is 4. The van der Waals surface area contributed by atoms with Gasteiger partial charge >= 0.3 is 0 Å². The van der Waals surface area contributed by atoms with Crippen LogP contribution in [-0.2, 0) is 0 Å². The van der Waals surface area contributed by atoms with Crippen molar-refractivity contribution in [2.75, 3.05) is 17.3 Å². The predicted molar refractivity (Wildman–Crippen MR) is 77.6 cm³/mol. The summed E-state index contributed by atoms with van der Waals surface area (Å²) in [6.45, 7) is 0. The molecule has 0 saturated carbocycles. The van der Waals surface area contributed by atoms with Crippen LogP contribution in [0.3, 0.4) is 0 Å². The van der Waals surface area contributed by atoms with Gasteiger partial charge in [0.2, 0.25) is 0 Å². The summed E-state index contributed by atoms with van der Waals surface area (Å²) in [4.78, 5) is 12.8. The Hall–Kier alpha value is -3.07. The summed E-state index contributed by atoms with van der Waals surface area (Å²) in [5.74, 6) is 1.19. The zero-order valence-corrected chi connectivity index (χ0v) is 10.8. The van der Waals surface area contributed by atoms with Gasteiger partial charge in [-0.1, -0.05) is 18.2 Å². The van der Waals surface area contributed by atoms with E-state index in [9.17, 15) is 0 Å². The molecule has 0 spiro atoms. The van der Waals surface area contributed by atoms with Gasteiger partial charge in [-0.3, -0.25) is 4.90 Å². The van der Waals surface area contributed by atoms with E-state index in [0.29, 0.717) is 11.6 Å². The van der Waals surface area contributed by atoms with E-state index in [-0.39, 0.29) is 0 Å². The largest absolute Gasteiger partial charge is 0.359 e. The summed E-state index contributed by atoms with van der Waals surface area (Å²) in [6, 6.07) is 9.72. The van der Waals surface area contributed by atoms with Crippen molar-refractivity contribution < 1.29 is 0 Å². The number of rotatable bonds is 3. The number of para-hydroxylation sites is 1. The average Bonchev–Trinajstić information content (AvgIpc) is 2.90. The van der Waals surface area contributed by atoms with Crippen LogP contribution in [0.2, 0.25) is 0 Å². The molecule has 0 amide bonds. The van der Waals surface area contributed by atoms with Crippen molar-refractivity contribution in [2.24, 2.45) is 0 Å². The van der Waals surface area contributed by atoms with Gasteiger partial charge in [0.15, 0.2) is 6.19 Å². The lowest BCUT2D eigenvalue weighted by molar-refractivity contribution is 1.08. The molecule has 0 fully saturated rings. The highest BCUT2D eigenvalue weighted by molar-refractivity contribution is 5.93. The SMILES string of the molecule is CN(C#N)c1cc(Nc2c[nH]c3ccccc23)ncn1. The number of benzene rings is 1. The summed E-state index contributed by atoms with van der Waals surface area (Å²) in [6.07, 6.45) is 5.33. The maximum Gasteiger partial charge on any atom is 0.185 e. The molecule has 0 atom stereocenters. The Balaban J connectivity index is 1.93. The molecule has 2 aromatic heterocycles. The molecular formula is C14H12N6. The van der Waals surface area contributed by atoms with Crippen molar-refractivity contribution in [3.63, 3.8) is 0 Å². The number of hydrogen-bond donors (Lipinski definition) is 2. The van der Waals surface area contributed by atoms with Gasteiger partial charge < -0.3 is 10.3 Å². The third-order valence-electron chi connectivity index (χ3n) is 3.00. The monoisotopic (exact) mass is 264 g/mol. The third-order valence-corrected chi connectivity index (χ3v) is 3.00. The number of H-pyrrole nitrogens is 1. The van der Waals surface area contributed by atoms with E-state index in [0.717, 1.165) is 16.6 Å². The molecule has 2 heterocycles. The van der Waals surface area contributed by atoms with Crippen molar-refractivity contribution in [1.29, 1.82) is 5.26 Å². The summed E-state index contributed by atoms with van der Waals surface area (Å²) in [7, 11) is 1.65. The number of nitrogens with one attached hydrogen (secondary N) is 2. The summed E-state index contributed by atoms with van der Waals surface area (Å²) >= 11 is 0. The molecule has 0 saturated heterocycles. The number of nitriles is 1. The number of aromatic amines is 1. The first-order valence-electron chi connectivity index (χ1n) is 6.06. The fraction of sp³-hybridized carbons (Fsp3) is 0.0714. The van der Waals surface area contributed by atoms with E-state index in [1.165, 1.54) is 11.2 Å². The molecule has 98 valence electrons. The smallest absolute Gasteiger partial charge is 0.185 e. The second-order valence-electron chi connectivity index (χ2n) is 4.29. The molecule has 20 heavy (non-hydrogen) atoms. The quantitative estimate of drug-likeness (QED) is 0.561. The minimum absolute atomic E-state index is 0.546. The molecular weight excluding hydrogens is 252 g/mol. The van der Waals surface area contributed by atoms with Crippen LogP contribution in [0, 0.1) is 11.5 Å². The number of fused-ring (bicyclic) bond motifs is 1. The van der Waals surface area contributed by atoms with Gasteiger partial charge in [-0.15, -0.1) is 0 Å². The fourth-order valence-electron chi connectivity index (χ4n) is 1.96. The van der Waals surface area contributed by atoms with Gasteiger partial charge in [-0.05, 0) is 6.07 Å². The molecule has 3 rings (SSSR count). The van der Waals surface area contributed by atoms with Gasteiger partial charge in [0.05, 0.1) is 5.69 Å². The maximum absolute atomic E-state index is 8.87. The Morgan fingerprint density at radius 3 is 3.00 bits per heavy atom. The Kier molecular flexibility index (Phi) is 2.94. The minimum atomic E-state index is 0.546. The van der Waals surface area contributed by atoms with E-state index in [1.54, 1.807) is 13.1 Å². The first-order valence-corrected chi connectivity index (χ1v) is 6.06. The molecule has 1 aromatic carbocycles. The standard InChI is InChI=1S/C14H12N6/c1-20(8-15)14-6-13(17-9-18-14)19-12-7-16-11-5-3-2-4-10(11)12/h2-7,9,16H,1H3,(H,17,18,19). The molecule has 0 aliphatic rings. The highest BCUT2D eigenvalue weighted by Gasteiger charge is 2.06. The maximum atomic E-state index is 8.87. The van der Waals surface area contributed by atoms with Crippen LogP contribution in [-0.4, -0.2) is 22.0 Å². The second kappa shape index (κ2) is 4.90. The topological polar surface area (TPSA) is 80.6 Å². The van der Waals surface area contributed by atoms with Crippen molar-refractivity contribution in [3.8, 4) is 6.19 Å². The van der Waals surface area contributed by atoms with Gasteiger partial charge in [0.25, 0.3) is 0 Å². The van der Waals surface area contributed by atoms with E-state index >= 15 is 0 Å². The lowest BCUT2D eigenvalue weighted by Crippen LogP contribution is -2.10. The molecule has 0 radical (unpaired) electrons. The van der Waals surface area contributed by atoms with E-state index in [2.05, 4.69) is 20.3 Å². The molecule has 0 aliphatic carbocycles. The first-order chi connectivity index (χ1) is 9.78. The zero-order valence-electron chi connectivity index (χ0n) is 10.8. The molecule has 0 bridgehead atoms. The van der Waals surface area contributed by atoms with Crippen LogP contribution in [0.1, 0.15) is 0 Å². The van der Waals surface area contributed by atoms with E-state index in [1.807, 2.05) is 36.7 Å². The molecule has 6 heteroatoms. The number of anilines is 3. The van der Waals surface area contributed by atoms with Crippen LogP contribution in [0.5, 0.6) is 0 Å². The second-order valence-corrected chi connectivity index (χ2v) is 4.29. The van der Waals surface area contributed by atoms with Gasteiger partial charge in [0, 0.05) is 30.2 Å². The van der Waals surface area contributed by atoms with Crippen molar-refractivity contribution >= 4 is 28.2 Å². The fourth-order valence-corrected chi connectivity index (χ4v) is 1.96. The Bertz CT molecular complexity index is 785. The van der Waals surface area contributed by atoms with Crippen LogP contribution < -0.4 is 10.2 Å².